The molecule has 0 heterocycles. The Morgan fingerprint density at radius 3 is 2.61 bits per heavy atom. The molecule has 1 amide bonds. The first-order valence-corrected chi connectivity index (χ1v) is 6.41. The van der Waals surface area contributed by atoms with Gasteiger partial charge >= 0.3 is 0 Å². The molecule has 0 radical (unpaired) electrons. The zero-order valence-electron chi connectivity index (χ0n) is 10.7. The lowest BCUT2D eigenvalue weighted by molar-refractivity contribution is -0.122. The van der Waals surface area contributed by atoms with Gasteiger partial charge in [-0.25, -0.2) is 0 Å². The van der Waals surface area contributed by atoms with Crippen LogP contribution in [0.2, 0.25) is 0 Å². The highest BCUT2D eigenvalue weighted by Gasteiger charge is 2.35. The summed E-state index contributed by atoms with van der Waals surface area (Å²) in [6, 6.07) is 5.17. The number of carbonyl (C=O) groups excluding carboxylic acids is 1. The van der Waals surface area contributed by atoms with Crippen molar-refractivity contribution in [1.82, 2.24) is 0 Å². The lowest BCUT2D eigenvalue weighted by Crippen LogP contribution is -2.52. The normalized spacial score (nSPS) is 18.3. The van der Waals surface area contributed by atoms with Gasteiger partial charge < -0.3 is 16.2 Å². The second-order valence-electron chi connectivity index (χ2n) is 5.19. The largest absolute Gasteiger partial charge is 0.506 e. The van der Waals surface area contributed by atoms with E-state index in [1.54, 1.807) is 12.1 Å². The quantitative estimate of drug-likeness (QED) is 0.703. The highest BCUT2D eigenvalue weighted by molar-refractivity contribution is 5.99. The SMILES string of the molecule is Cc1ccc(NC(=O)C2(N)CCCCC2)c(O)c1. The molecule has 18 heavy (non-hydrogen) atoms. The molecular formula is C14H20N2O2. The first-order chi connectivity index (χ1) is 8.51. The van der Waals surface area contributed by atoms with E-state index in [2.05, 4.69) is 5.32 Å². The topological polar surface area (TPSA) is 75.4 Å². The van der Waals surface area contributed by atoms with E-state index in [-0.39, 0.29) is 11.7 Å². The molecule has 0 aromatic heterocycles. The van der Waals surface area contributed by atoms with Gasteiger partial charge in [0, 0.05) is 0 Å². The number of amides is 1. The fourth-order valence-electron chi connectivity index (χ4n) is 2.40. The number of phenolic OH excluding ortho intramolecular Hbond substituents is 1. The lowest BCUT2D eigenvalue weighted by atomic mass is 9.82. The number of nitrogens with one attached hydrogen (secondary N) is 1. The van der Waals surface area contributed by atoms with Gasteiger partial charge in [0.15, 0.2) is 0 Å². The first kappa shape index (κ1) is 12.9. The van der Waals surface area contributed by atoms with E-state index in [9.17, 15) is 9.90 Å². The molecule has 1 aliphatic carbocycles. The van der Waals surface area contributed by atoms with Crippen molar-refractivity contribution >= 4 is 11.6 Å². The second-order valence-corrected chi connectivity index (χ2v) is 5.19. The summed E-state index contributed by atoms with van der Waals surface area (Å²) in [6.07, 6.45) is 4.55. The second kappa shape index (κ2) is 4.98. The van der Waals surface area contributed by atoms with E-state index in [4.69, 9.17) is 5.73 Å². The number of carbonyl (C=O) groups is 1. The molecule has 1 saturated carbocycles. The van der Waals surface area contributed by atoms with Gasteiger partial charge in [0.1, 0.15) is 5.75 Å². The van der Waals surface area contributed by atoms with Gasteiger partial charge in [-0.15, -0.1) is 0 Å². The van der Waals surface area contributed by atoms with Crippen LogP contribution in [0.25, 0.3) is 0 Å². The maximum Gasteiger partial charge on any atom is 0.244 e. The fourth-order valence-corrected chi connectivity index (χ4v) is 2.40. The summed E-state index contributed by atoms with van der Waals surface area (Å²) < 4.78 is 0. The maximum absolute atomic E-state index is 12.2. The van der Waals surface area contributed by atoms with Crippen LogP contribution in [-0.2, 0) is 4.79 Å². The molecule has 1 aromatic carbocycles. The number of aromatic hydroxyl groups is 1. The number of hydrogen-bond donors (Lipinski definition) is 3. The summed E-state index contributed by atoms with van der Waals surface area (Å²) >= 11 is 0. The van der Waals surface area contributed by atoms with Gasteiger partial charge in [-0.05, 0) is 37.5 Å². The van der Waals surface area contributed by atoms with Crippen LogP contribution in [0.15, 0.2) is 18.2 Å². The summed E-state index contributed by atoms with van der Waals surface area (Å²) in [5.41, 5.74) is 6.74. The highest BCUT2D eigenvalue weighted by atomic mass is 16.3. The first-order valence-electron chi connectivity index (χ1n) is 6.41. The molecule has 1 aromatic rings. The van der Waals surface area contributed by atoms with Crippen LogP contribution in [0.3, 0.4) is 0 Å². The Bertz CT molecular complexity index is 451. The Morgan fingerprint density at radius 1 is 1.33 bits per heavy atom. The molecule has 1 aliphatic rings. The van der Waals surface area contributed by atoms with E-state index in [1.165, 1.54) is 0 Å². The summed E-state index contributed by atoms with van der Waals surface area (Å²) in [5, 5.41) is 12.5. The Hall–Kier alpha value is -1.55. The third-order valence-electron chi connectivity index (χ3n) is 3.60. The predicted molar refractivity (Wildman–Crippen MR) is 71.5 cm³/mol. The van der Waals surface area contributed by atoms with E-state index >= 15 is 0 Å². The summed E-state index contributed by atoms with van der Waals surface area (Å²) in [6.45, 7) is 1.89. The van der Waals surface area contributed by atoms with Gasteiger partial charge in [0.25, 0.3) is 0 Å². The van der Waals surface area contributed by atoms with E-state index < -0.39 is 5.54 Å². The average molecular weight is 248 g/mol. The molecule has 1 fully saturated rings. The van der Waals surface area contributed by atoms with Crippen molar-refractivity contribution in [2.75, 3.05) is 5.32 Å². The molecule has 98 valence electrons. The third-order valence-corrected chi connectivity index (χ3v) is 3.60. The van der Waals surface area contributed by atoms with Crippen LogP contribution < -0.4 is 11.1 Å². The highest BCUT2D eigenvalue weighted by Crippen LogP contribution is 2.29. The van der Waals surface area contributed by atoms with E-state index in [0.29, 0.717) is 18.5 Å². The van der Waals surface area contributed by atoms with Crippen LogP contribution in [-0.4, -0.2) is 16.6 Å². The van der Waals surface area contributed by atoms with Crippen LogP contribution in [0.5, 0.6) is 5.75 Å². The number of rotatable bonds is 2. The standard InChI is InChI=1S/C14H20N2O2/c1-10-5-6-11(12(17)9-10)16-13(18)14(15)7-3-2-4-8-14/h5-6,9,17H,2-4,7-8,15H2,1H3,(H,16,18). The molecule has 0 atom stereocenters. The minimum absolute atomic E-state index is 0.0859. The lowest BCUT2D eigenvalue weighted by Gasteiger charge is -2.31. The van der Waals surface area contributed by atoms with Crippen LogP contribution >= 0.6 is 0 Å². The predicted octanol–water partition coefficient (Wildman–Crippen LogP) is 2.30. The van der Waals surface area contributed by atoms with Gasteiger partial charge in [-0.3, -0.25) is 4.79 Å². The number of phenols is 1. The summed E-state index contributed by atoms with van der Waals surface area (Å²) in [4.78, 5) is 12.2. The zero-order chi connectivity index (χ0) is 13.2. The summed E-state index contributed by atoms with van der Waals surface area (Å²) in [5.74, 6) is -0.107. The Labute approximate surface area is 107 Å². The number of nitrogens with two attached hydrogens (primary N) is 1. The molecule has 4 N–H and O–H groups in total. The van der Waals surface area contributed by atoms with Crippen LogP contribution in [0, 0.1) is 6.92 Å². The minimum atomic E-state index is -0.782. The molecule has 0 aliphatic heterocycles. The van der Waals surface area contributed by atoms with Crippen molar-refractivity contribution in [3.05, 3.63) is 23.8 Å². The van der Waals surface area contributed by atoms with Crippen molar-refractivity contribution in [3.63, 3.8) is 0 Å². The van der Waals surface area contributed by atoms with E-state index in [0.717, 1.165) is 24.8 Å². The number of benzene rings is 1. The minimum Gasteiger partial charge on any atom is -0.506 e. The average Bonchev–Trinajstić information content (AvgIpc) is 2.33. The Morgan fingerprint density at radius 2 is 2.00 bits per heavy atom. The zero-order valence-corrected chi connectivity index (χ0v) is 10.7. The van der Waals surface area contributed by atoms with Crippen molar-refractivity contribution in [2.24, 2.45) is 5.73 Å². The number of aryl methyl sites for hydroxylation is 1. The molecule has 4 heteroatoms. The van der Waals surface area contributed by atoms with Crippen molar-refractivity contribution in [1.29, 1.82) is 0 Å². The molecule has 0 unspecified atom stereocenters. The smallest absolute Gasteiger partial charge is 0.244 e. The van der Waals surface area contributed by atoms with E-state index in [1.807, 2.05) is 13.0 Å². The number of anilines is 1. The summed E-state index contributed by atoms with van der Waals surface area (Å²) in [7, 11) is 0. The van der Waals surface area contributed by atoms with Gasteiger partial charge in [0.2, 0.25) is 5.91 Å². The number of hydrogen-bond acceptors (Lipinski definition) is 3. The van der Waals surface area contributed by atoms with Crippen LogP contribution in [0.4, 0.5) is 5.69 Å². The van der Waals surface area contributed by atoms with Gasteiger partial charge in [-0.2, -0.15) is 0 Å². The molecule has 0 bridgehead atoms. The van der Waals surface area contributed by atoms with Crippen molar-refractivity contribution < 1.29 is 9.90 Å². The fraction of sp³-hybridized carbons (Fsp3) is 0.500. The van der Waals surface area contributed by atoms with Gasteiger partial charge in [0.05, 0.1) is 11.2 Å². The molecule has 2 rings (SSSR count). The Kier molecular flexibility index (Phi) is 3.57. The third kappa shape index (κ3) is 2.64. The van der Waals surface area contributed by atoms with Gasteiger partial charge in [-0.1, -0.05) is 25.3 Å². The monoisotopic (exact) mass is 248 g/mol. The molecular weight excluding hydrogens is 228 g/mol. The molecule has 0 saturated heterocycles. The van der Waals surface area contributed by atoms with Crippen molar-refractivity contribution in [3.8, 4) is 5.75 Å². The molecule has 0 spiro atoms. The van der Waals surface area contributed by atoms with Crippen molar-refractivity contribution in [2.45, 2.75) is 44.6 Å². The maximum atomic E-state index is 12.2. The van der Waals surface area contributed by atoms with Crippen LogP contribution in [0.1, 0.15) is 37.7 Å². The Balaban J connectivity index is 2.11. The molecule has 4 nitrogen and oxygen atoms in total.